The highest BCUT2D eigenvalue weighted by Gasteiger charge is 2.11. The summed E-state index contributed by atoms with van der Waals surface area (Å²) in [4.78, 5) is 28.7. The molecular weight excluding hydrogens is 384 g/mol. The van der Waals surface area contributed by atoms with Crippen molar-refractivity contribution in [1.29, 1.82) is 0 Å². The summed E-state index contributed by atoms with van der Waals surface area (Å²) in [5, 5.41) is 10.4. The Hall–Kier alpha value is -3.03. The van der Waals surface area contributed by atoms with Gasteiger partial charge in [0.15, 0.2) is 5.13 Å². The molecule has 2 aromatic carbocycles. The second-order valence-corrected chi connectivity index (χ2v) is 7.07. The first-order valence-electron chi connectivity index (χ1n) is 8.06. The van der Waals surface area contributed by atoms with Gasteiger partial charge in [-0.1, -0.05) is 35.9 Å². The molecule has 0 unspecified atom stereocenters. The van der Waals surface area contributed by atoms with Crippen molar-refractivity contribution in [2.75, 3.05) is 5.32 Å². The van der Waals surface area contributed by atoms with Gasteiger partial charge in [0.05, 0.1) is 17.4 Å². The lowest BCUT2D eigenvalue weighted by atomic mass is 10.2. The summed E-state index contributed by atoms with van der Waals surface area (Å²) in [5.41, 5.74) is 2.12. The molecule has 8 heteroatoms. The van der Waals surface area contributed by atoms with Gasteiger partial charge in [0, 0.05) is 21.4 Å². The van der Waals surface area contributed by atoms with Crippen molar-refractivity contribution in [1.82, 2.24) is 14.8 Å². The number of halogens is 1. The molecule has 0 atom stereocenters. The smallest absolute Gasteiger partial charge is 0.247 e. The largest absolute Gasteiger partial charge is 0.300 e. The van der Waals surface area contributed by atoms with Crippen LogP contribution in [0.4, 0.5) is 5.13 Å². The zero-order chi connectivity index (χ0) is 18.8. The Bertz CT molecular complexity index is 1180. The van der Waals surface area contributed by atoms with Gasteiger partial charge in [0.1, 0.15) is 6.54 Å². The molecule has 0 aliphatic rings. The standard InChI is InChI=1S/C19H13ClN4O2S/c20-13-7-5-12(6-8-13)15-11-27-19(22-15)23-18(26)10-24-16-4-2-1-3-14(16)17(25)9-21-24/h1-9,11H,10H2,(H,22,23,26). The Morgan fingerprint density at radius 2 is 1.93 bits per heavy atom. The van der Waals surface area contributed by atoms with E-state index in [4.69, 9.17) is 11.6 Å². The molecule has 0 saturated heterocycles. The number of anilines is 1. The van der Waals surface area contributed by atoms with Gasteiger partial charge < -0.3 is 5.32 Å². The van der Waals surface area contributed by atoms with Gasteiger partial charge in [0.25, 0.3) is 0 Å². The van der Waals surface area contributed by atoms with Crippen LogP contribution in [0.5, 0.6) is 0 Å². The molecule has 1 amide bonds. The van der Waals surface area contributed by atoms with Crippen LogP contribution in [0.3, 0.4) is 0 Å². The van der Waals surface area contributed by atoms with E-state index >= 15 is 0 Å². The number of benzene rings is 2. The molecular formula is C19H13ClN4O2S. The fourth-order valence-corrected chi connectivity index (χ4v) is 3.53. The maximum absolute atomic E-state index is 12.4. The Kier molecular flexibility index (Phi) is 4.70. The number of para-hydroxylation sites is 1. The number of carbonyl (C=O) groups excluding carboxylic acids is 1. The van der Waals surface area contributed by atoms with E-state index in [-0.39, 0.29) is 17.9 Å². The third kappa shape index (κ3) is 3.74. The minimum atomic E-state index is -0.270. The van der Waals surface area contributed by atoms with Gasteiger partial charge in [-0.3, -0.25) is 14.3 Å². The summed E-state index contributed by atoms with van der Waals surface area (Å²) in [5.74, 6) is -0.270. The van der Waals surface area contributed by atoms with Crippen LogP contribution in [0.15, 0.2) is 64.9 Å². The highest BCUT2D eigenvalue weighted by atomic mass is 35.5. The topological polar surface area (TPSA) is 76.9 Å². The second-order valence-electron chi connectivity index (χ2n) is 5.78. The lowest BCUT2D eigenvalue weighted by molar-refractivity contribution is -0.116. The SMILES string of the molecule is O=C(Cn1ncc(=O)c2ccccc21)Nc1nc(-c2ccc(Cl)cc2)cs1. The van der Waals surface area contributed by atoms with Crippen LogP contribution in [0.1, 0.15) is 0 Å². The quantitative estimate of drug-likeness (QED) is 0.569. The van der Waals surface area contributed by atoms with Gasteiger partial charge in [-0.25, -0.2) is 4.98 Å². The molecule has 2 heterocycles. The minimum absolute atomic E-state index is 0.0172. The maximum atomic E-state index is 12.4. The Balaban J connectivity index is 1.52. The number of carbonyl (C=O) groups is 1. The molecule has 4 aromatic rings. The molecule has 0 spiro atoms. The third-order valence-corrected chi connectivity index (χ3v) is 4.96. The van der Waals surface area contributed by atoms with Gasteiger partial charge in [0.2, 0.25) is 11.3 Å². The first-order chi connectivity index (χ1) is 13.1. The fourth-order valence-electron chi connectivity index (χ4n) is 2.67. The van der Waals surface area contributed by atoms with Crippen LogP contribution in [0.25, 0.3) is 22.2 Å². The van der Waals surface area contributed by atoms with Crippen molar-refractivity contribution in [3.8, 4) is 11.3 Å². The lowest BCUT2D eigenvalue weighted by Crippen LogP contribution is -2.22. The van der Waals surface area contributed by atoms with Crippen LogP contribution < -0.4 is 10.7 Å². The molecule has 0 saturated carbocycles. The first kappa shape index (κ1) is 17.4. The van der Waals surface area contributed by atoms with Crippen molar-refractivity contribution in [2.45, 2.75) is 6.54 Å². The summed E-state index contributed by atoms with van der Waals surface area (Å²) < 4.78 is 1.50. The molecule has 0 aliphatic heterocycles. The predicted molar refractivity (Wildman–Crippen MR) is 107 cm³/mol. The summed E-state index contributed by atoms with van der Waals surface area (Å²) in [6, 6.07) is 14.4. The zero-order valence-corrected chi connectivity index (χ0v) is 15.5. The van der Waals surface area contributed by atoms with E-state index < -0.39 is 0 Å². The van der Waals surface area contributed by atoms with Gasteiger partial charge in [-0.2, -0.15) is 5.10 Å². The number of rotatable bonds is 4. The van der Waals surface area contributed by atoms with E-state index in [0.29, 0.717) is 21.1 Å². The summed E-state index contributed by atoms with van der Waals surface area (Å²) in [7, 11) is 0. The van der Waals surface area contributed by atoms with Gasteiger partial charge in [-0.15, -0.1) is 11.3 Å². The van der Waals surface area contributed by atoms with E-state index in [1.807, 2.05) is 17.5 Å². The summed E-state index contributed by atoms with van der Waals surface area (Å²) in [6.45, 7) is -0.0172. The highest BCUT2D eigenvalue weighted by Crippen LogP contribution is 2.26. The lowest BCUT2D eigenvalue weighted by Gasteiger charge is -2.08. The Morgan fingerprint density at radius 1 is 1.15 bits per heavy atom. The Labute approximate surface area is 163 Å². The van der Waals surface area contributed by atoms with Crippen LogP contribution >= 0.6 is 22.9 Å². The molecule has 134 valence electrons. The van der Waals surface area contributed by atoms with Crippen LogP contribution in [0.2, 0.25) is 5.02 Å². The number of amides is 1. The van der Waals surface area contributed by atoms with Crippen molar-refractivity contribution in [3.63, 3.8) is 0 Å². The second kappa shape index (κ2) is 7.30. The first-order valence-corrected chi connectivity index (χ1v) is 9.32. The number of aromatic nitrogens is 3. The van der Waals surface area contributed by atoms with Crippen LogP contribution in [0, 0.1) is 0 Å². The van der Waals surface area contributed by atoms with E-state index in [0.717, 1.165) is 11.3 Å². The number of nitrogens with zero attached hydrogens (tertiary/aromatic N) is 3. The number of fused-ring (bicyclic) bond motifs is 1. The maximum Gasteiger partial charge on any atom is 0.247 e. The highest BCUT2D eigenvalue weighted by molar-refractivity contribution is 7.14. The number of thiazole rings is 1. The molecule has 2 aromatic heterocycles. The van der Waals surface area contributed by atoms with Crippen molar-refractivity contribution in [3.05, 3.63) is 75.4 Å². The van der Waals surface area contributed by atoms with Crippen LogP contribution in [-0.4, -0.2) is 20.7 Å². The molecule has 6 nitrogen and oxygen atoms in total. The number of hydrogen-bond acceptors (Lipinski definition) is 5. The van der Waals surface area contributed by atoms with Crippen LogP contribution in [-0.2, 0) is 11.3 Å². The normalized spacial score (nSPS) is 10.9. The van der Waals surface area contributed by atoms with E-state index in [2.05, 4.69) is 15.4 Å². The van der Waals surface area contributed by atoms with Gasteiger partial charge in [-0.05, 0) is 24.3 Å². The van der Waals surface area contributed by atoms with E-state index in [1.165, 1.54) is 22.2 Å². The van der Waals surface area contributed by atoms with Crippen molar-refractivity contribution in [2.24, 2.45) is 0 Å². The molecule has 0 radical (unpaired) electrons. The van der Waals surface area contributed by atoms with E-state index in [9.17, 15) is 9.59 Å². The molecule has 4 rings (SSSR count). The van der Waals surface area contributed by atoms with Gasteiger partial charge >= 0.3 is 0 Å². The summed E-state index contributed by atoms with van der Waals surface area (Å²) in [6.07, 6.45) is 1.22. The molecule has 0 fully saturated rings. The Morgan fingerprint density at radius 3 is 2.74 bits per heavy atom. The average molecular weight is 397 g/mol. The van der Waals surface area contributed by atoms with Crippen molar-refractivity contribution >= 4 is 44.9 Å². The zero-order valence-electron chi connectivity index (χ0n) is 13.9. The molecule has 27 heavy (non-hydrogen) atoms. The molecule has 0 bridgehead atoms. The molecule has 0 aliphatic carbocycles. The predicted octanol–water partition coefficient (Wildman–Crippen LogP) is 3.81. The average Bonchev–Trinajstić information content (AvgIpc) is 3.13. The number of nitrogens with one attached hydrogen (secondary N) is 1. The number of hydrogen-bond donors (Lipinski definition) is 1. The molecule has 1 N–H and O–H groups in total. The van der Waals surface area contributed by atoms with E-state index in [1.54, 1.807) is 36.4 Å². The minimum Gasteiger partial charge on any atom is -0.300 e. The fraction of sp³-hybridized carbons (Fsp3) is 0.0526. The van der Waals surface area contributed by atoms with Crippen molar-refractivity contribution < 1.29 is 4.79 Å². The summed E-state index contributed by atoms with van der Waals surface area (Å²) >= 11 is 7.24. The third-order valence-electron chi connectivity index (χ3n) is 3.95. The monoisotopic (exact) mass is 396 g/mol.